The van der Waals surface area contributed by atoms with Crippen LogP contribution in [0.25, 0.3) is 0 Å². The zero-order valence-corrected chi connectivity index (χ0v) is 32.2. The maximum Gasteiger partial charge on any atom is 0.433 e. The van der Waals surface area contributed by atoms with Gasteiger partial charge in [0.1, 0.15) is 22.9 Å². The number of esters is 2. The van der Waals surface area contributed by atoms with Crippen LogP contribution in [0.5, 0.6) is 0 Å². The fourth-order valence-corrected chi connectivity index (χ4v) is 9.79. The van der Waals surface area contributed by atoms with Gasteiger partial charge in [0.15, 0.2) is 18.4 Å². The summed E-state index contributed by atoms with van der Waals surface area (Å²) in [7, 11) is 1.66. The molecule has 2 saturated heterocycles. The number of carbonyl (C=O) groups excluding carboxylic acids is 2. The molecule has 2 aromatic rings. The van der Waals surface area contributed by atoms with Gasteiger partial charge in [-0.25, -0.2) is 9.97 Å². The largest absolute Gasteiger partial charge is 0.454 e. The molecule has 10 atom stereocenters. The number of ether oxygens (including phenoxy) is 2. The summed E-state index contributed by atoms with van der Waals surface area (Å²) in [5.41, 5.74) is -2.55. The number of para-hydroxylation sites is 1. The van der Waals surface area contributed by atoms with Crippen molar-refractivity contribution in [1.29, 1.82) is 0 Å². The molecule has 1 unspecified atom stereocenters. The van der Waals surface area contributed by atoms with E-state index in [2.05, 4.69) is 27.1 Å². The topological polar surface area (TPSA) is 150 Å². The lowest BCUT2D eigenvalue weighted by Gasteiger charge is -2.56. The Bertz CT molecular complexity index is 1830. The van der Waals surface area contributed by atoms with Crippen LogP contribution in [0.15, 0.2) is 42.1 Å². The maximum absolute atomic E-state index is 14.2. The highest BCUT2D eigenvalue weighted by Crippen LogP contribution is 2.53. The summed E-state index contributed by atoms with van der Waals surface area (Å²) in [6, 6.07) is 4.96. The van der Waals surface area contributed by atoms with Gasteiger partial charge in [0.2, 0.25) is 5.95 Å². The first kappa shape index (κ1) is 39.7. The van der Waals surface area contributed by atoms with Gasteiger partial charge in [-0.3, -0.25) is 29.7 Å². The zero-order valence-electron chi connectivity index (χ0n) is 31.4. The third kappa shape index (κ3) is 7.18. The standard InChI is InChI=1S/C38H48ClF3N6O7/c1-20-17-26-24(21(2)19-47-13-15-48(16-14-47)35-43-12-11-29(45-35)38(40,41)42)10-9-22(3)37(26,52)32(31(20)53-23(4)49)54-33(50)28-18-36(51)25-7-6-8-27(39)30(25)46(5)55-34(36)44-28/h6-8,11-12,17,21-22,24,26,28,31-32,34,44,51-52H,9-10,13-16,18-19H2,1-5H3/t21?,22-,24+,26-,28+,31-,32+,34-,36-,37-/m1/s1. The molecule has 0 radical (unpaired) electrons. The molecule has 0 amide bonds. The van der Waals surface area contributed by atoms with Crippen LogP contribution in [-0.2, 0) is 35.7 Å². The van der Waals surface area contributed by atoms with Gasteiger partial charge in [-0.05, 0) is 55.2 Å². The van der Waals surface area contributed by atoms with Crippen LogP contribution in [0.2, 0.25) is 5.02 Å². The number of aromatic nitrogens is 2. The van der Waals surface area contributed by atoms with Crippen molar-refractivity contribution in [3.05, 3.63) is 58.4 Å². The van der Waals surface area contributed by atoms with Crippen LogP contribution in [0.4, 0.5) is 24.8 Å². The molecule has 0 spiro atoms. The number of rotatable bonds is 7. The Labute approximate surface area is 322 Å². The van der Waals surface area contributed by atoms with Gasteiger partial charge in [-0.15, -0.1) is 0 Å². The van der Waals surface area contributed by atoms with Crippen molar-refractivity contribution in [2.24, 2.45) is 23.7 Å². The second-order valence-corrected chi connectivity index (χ2v) is 16.2. The van der Waals surface area contributed by atoms with E-state index in [1.165, 1.54) is 12.0 Å². The SMILES string of the molecule is CC(=O)O[C@@H]1C(C)=C[C@@H]2[C@H](C(C)CN3CCN(c4nccc(C(F)(F)F)n4)CC3)CC[C@@H](C)[C@]2(O)[C@H]1OC(=O)[C@@H]1C[C@@]2(O)c3cccc(Cl)c3N(C)O[C@H]2N1. The fourth-order valence-electron chi connectivity index (χ4n) is 9.49. The number of carbonyl (C=O) groups is 2. The van der Waals surface area contributed by atoms with Gasteiger partial charge >= 0.3 is 18.1 Å². The Morgan fingerprint density at radius 2 is 1.87 bits per heavy atom. The molecular weight excluding hydrogens is 745 g/mol. The molecule has 17 heteroatoms. The summed E-state index contributed by atoms with van der Waals surface area (Å²) >= 11 is 6.46. The van der Waals surface area contributed by atoms with Crippen molar-refractivity contribution < 1.29 is 47.3 Å². The van der Waals surface area contributed by atoms with Crippen molar-refractivity contribution in [1.82, 2.24) is 20.2 Å². The summed E-state index contributed by atoms with van der Waals surface area (Å²) in [6.07, 6.45) is -3.42. The smallest absolute Gasteiger partial charge is 0.433 e. The van der Waals surface area contributed by atoms with E-state index < -0.39 is 65.4 Å². The van der Waals surface area contributed by atoms with Crippen molar-refractivity contribution in [2.75, 3.05) is 49.7 Å². The van der Waals surface area contributed by atoms with E-state index in [0.717, 1.165) is 18.7 Å². The fraction of sp³-hybridized carbons (Fsp3) is 0.632. The summed E-state index contributed by atoms with van der Waals surface area (Å²) < 4.78 is 51.9. The zero-order chi connectivity index (χ0) is 39.6. The van der Waals surface area contributed by atoms with Gasteiger partial charge in [0.25, 0.3) is 0 Å². The average molecular weight is 793 g/mol. The van der Waals surface area contributed by atoms with Gasteiger partial charge in [-0.2, -0.15) is 13.2 Å². The Balaban J connectivity index is 1.08. The number of nitrogens with one attached hydrogen (secondary N) is 1. The highest BCUT2D eigenvalue weighted by molar-refractivity contribution is 6.33. The Morgan fingerprint density at radius 1 is 1.15 bits per heavy atom. The molecule has 55 heavy (non-hydrogen) atoms. The van der Waals surface area contributed by atoms with E-state index in [1.807, 2.05) is 13.0 Å². The predicted octanol–water partition coefficient (Wildman–Crippen LogP) is 4.06. The first-order valence-electron chi connectivity index (χ1n) is 18.8. The van der Waals surface area contributed by atoms with Crippen molar-refractivity contribution >= 4 is 35.2 Å². The maximum atomic E-state index is 14.2. The van der Waals surface area contributed by atoms with Crippen molar-refractivity contribution in [3.63, 3.8) is 0 Å². The molecule has 0 bridgehead atoms. The van der Waals surface area contributed by atoms with E-state index in [1.54, 1.807) is 37.1 Å². The van der Waals surface area contributed by atoms with Crippen molar-refractivity contribution in [2.45, 2.75) is 88.8 Å². The van der Waals surface area contributed by atoms with E-state index in [4.69, 9.17) is 25.9 Å². The molecule has 13 nitrogen and oxygen atoms in total. The molecule has 3 N–H and O–H groups in total. The van der Waals surface area contributed by atoms with E-state index in [9.17, 15) is 33.0 Å². The minimum Gasteiger partial charge on any atom is -0.454 e. The second-order valence-electron chi connectivity index (χ2n) is 15.8. The van der Waals surface area contributed by atoms with Crippen LogP contribution in [0, 0.1) is 23.7 Å². The van der Waals surface area contributed by atoms with Gasteiger partial charge in [0.05, 0.1) is 10.7 Å². The third-order valence-corrected chi connectivity index (χ3v) is 12.7. The number of hydrogen-bond acceptors (Lipinski definition) is 13. The van der Waals surface area contributed by atoms with Crippen molar-refractivity contribution in [3.8, 4) is 0 Å². The Kier molecular flexibility index (Phi) is 10.6. The highest BCUT2D eigenvalue weighted by atomic mass is 35.5. The normalized spacial score (nSPS) is 34.2. The number of hydroxylamine groups is 1. The summed E-state index contributed by atoms with van der Waals surface area (Å²) in [6.45, 7) is 9.86. The number of halogens is 4. The van der Waals surface area contributed by atoms with Crippen LogP contribution < -0.4 is 15.3 Å². The van der Waals surface area contributed by atoms with E-state index >= 15 is 0 Å². The molecule has 5 aliphatic rings. The molecule has 1 aromatic carbocycles. The highest BCUT2D eigenvalue weighted by Gasteiger charge is 2.62. The molecule has 300 valence electrons. The monoisotopic (exact) mass is 792 g/mol. The first-order valence-corrected chi connectivity index (χ1v) is 19.1. The lowest BCUT2D eigenvalue weighted by Crippen LogP contribution is -2.66. The van der Waals surface area contributed by atoms with Crippen LogP contribution in [0.3, 0.4) is 0 Å². The van der Waals surface area contributed by atoms with Gasteiger partial charge < -0.3 is 24.6 Å². The number of piperazine rings is 1. The molecule has 3 fully saturated rings. The molecule has 2 aliphatic carbocycles. The van der Waals surface area contributed by atoms with Gasteiger partial charge in [-0.1, -0.05) is 43.7 Å². The van der Waals surface area contributed by atoms with Crippen LogP contribution >= 0.6 is 11.6 Å². The Hall–Kier alpha value is -3.54. The summed E-state index contributed by atoms with van der Waals surface area (Å²) in [5, 5.41) is 29.7. The predicted molar refractivity (Wildman–Crippen MR) is 195 cm³/mol. The number of anilines is 2. The van der Waals surface area contributed by atoms with E-state index in [-0.39, 0.29) is 30.1 Å². The third-order valence-electron chi connectivity index (χ3n) is 12.4. The van der Waals surface area contributed by atoms with E-state index in [0.29, 0.717) is 61.0 Å². The number of hydrogen-bond donors (Lipinski definition) is 3. The molecule has 3 aliphatic heterocycles. The number of fused-ring (bicyclic) bond motifs is 4. The quantitative estimate of drug-likeness (QED) is 0.274. The Morgan fingerprint density at radius 3 is 2.56 bits per heavy atom. The minimum absolute atomic E-state index is 0.0427. The van der Waals surface area contributed by atoms with Gasteiger partial charge in [0, 0.05) is 70.8 Å². The summed E-state index contributed by atoms with van der Waals surface area (Å²) in [4.78, 5) is 44.4. The summed E-state index contributed by atoms with van der Waals surface area (Å²) in [5.74, 6) is -2.05. The number of nitrogens with zero attached hydrogens (tertiary/aromatic N) is 5. The molecule has 1 saturated carbocycles. The minimum atomic E-state index is -4.56. The number of benzene rings is 1. The lowest BCUT2D eigenvalue weighted by molar-refractivity contribution is -0.225. The number of alkyl halides is 3. The van der Waals surface area contributed by atoms with Crippen LogP contribution in [-0.4, -0.2) is 107 Å². The average Bonchev–Trinajstić information content (AvgIpc) is 3.48. The molecule has 4 heterocycles. The van der Waals surface area contributed by atoms with Crippen LogP contribution in [0.1, 0.15) is 58.2 Å². The molecule has 1 aromatic heterocycles. The molecule has 7 rings (SSSR count). The number of aliphatic hydroxyl groups is 2. The second kappa shape index (κ2) is 14.8. The first-order chi connectivity index (χ1) is 25.9. The lowest BCUT2D eigenvalue weighted by atomic mass is 9.55. The molecular formula is C38H48ClF3N6O7.